The number of fused-ring (bicyclic) bond motifs is 6. The first-order valence-electron chi connectivity index (χ1n) is 31.4. The van der Waals surface area contributed by atoms with E-state index in [4.69, 9.17) is 17.1 Å². The number of aromatic nitrogens is 4. The Kier molecular flexibility index (Phi) is 17.6. The van der Waals surface area contributed by atoms with E-state index in [1.165, 1.54) is 69.2 Å². The Labute approximate surface area is 542 Å². The second-order valence-electron chi connectivity index (χ2n) is 21.8. The van der Waals surface area contributed by atoms with Crippen LogP contribution in [0.5, 0.6) is 0 Å². The minimum atomic E-state index is -2.20. The summed E-state index contributed by atoms with van der Waals surface area (Å²) in [4.78, 5) is 15.0. The molecule has 4 aromatic heterocycles. The maximum absolute atomic E-state index is 7.45. The Hall–Kier alpha value is -8.24. The molecule has 0 fully saturated rings. The molecule has 0 unspecified atom stereocenters. The Morgan fingerprint density at radius 1 is 0.419 bits per heavy atom. The van der Waals surface area contributed by atoms with E-state index in [2.05, 4.69) is 160 Å². The smallest absolute Gasteiger partial charge is 0.514 e. The van der Waals surface area contributed by atoms with Crippen molar-refractivity contribution in [3.63, 3.8) is 0 Å². The van der Waals surface area contributed by atoms with Crippen LogP contribution in [-0.2, 0) is 40.2 Å². The van der Waals surface area contributed by atoms with E-state index in [9.17, 15) is 0 Å². The number of para-hydroxylation sites is 4. The van der Waals surface area contributed by atoms with Crippen LogP contribution >= 0.6 is 0 Å². The van der Waals surface area contributed by atoms with Gasteiger partial charge in [-0.2, -0.15) is 49.7 Å². The standard InChI is InChI=1S/2C21H23N2.2C16H12N2O.2Ir/c2*1-15(2)18-11-8-12-19(16(3)4)20(18)23-14-13-22-21(23)17-9-6-5-7-10-17;2*1-17-9-10-18(11-17)14-7-4-6-13-12-5-2-3-8-15(12)19-16(13)14;;/h2*5-9,11-16H,1-4H3;2*2-6,8-11H,1H3;;/q2*-1;2*-2;2*+3/i;;2*1D3;;. The van der Waals surface area contributed by atoms with Crippen molar-refractivity contribution in [3.05, 3.63) is 267 Å². The molecule has 0 bridgehead atoms. The first-order valence-corrected chi connectivity index (χ1v) is 28.4. The van der Waals surface area contributed by atoms with Crippen molar-refractivity contribution in [2.75, 3.05) is 23.8 Å². The Balaban J connectivity index is 0.000000144. The molecule has 0 saturated carbocycles. The molecule has 0 spiro atoms. The molecular formula is C74H70Ir2N8O2. The zero-order chi connectivity index (χ0) is 63.4. The van der Waals surface area contributed by atoms with Crippen LogP contribution in [0.15, 0.2) is 216 Å². The second-order valence-corrected chi connectivity index (χ2v) is 21.8. The molecule has 2 aliphatic rings. The molecule has 2 aliphatic heterocycles. The third-order valence-corrected chi connectivity index (χ3v) is 14.8. The zero-order valence-electron chi connectivity index (χ0n) is 55.2. The minimum Gasteiger partial charge on any atom is -0.514 e. The minimum absolute atomic E-state index is 0. The first-order chi connectivity index (χ1) is 43.3. The number of anilines is 2. The van der Waals surface area contributed by atoms with Gasteiger partial charge in [-0.3, -0.25) is 9.97 Å². The summed E-state index contributed by atoms with van der Waals surface area (Å²) in [5, 5.41) is 4.03. The topological polar surface area (TPSA) is 74.9 Å². The SMILES string of the molecule is CC(C)c1cccc(C(C)C)c1-n1ccnc1-c1[c-]cccc1.CC(C)c1cccc(C(C)C)c1-n1ccnc1-c1[c-]cccc1.[2H]C([2H])([2H])N1C=CN(c2[c-]ccc3c2oc2ccccc23)[CH-]1.[2H]C([2H])([2H])N1C=CN(c2[c-]ccc3c2oc2ccccc23)[CH-]1.[Ir+3].[Ir+3]. The van der Waals surface area contributed by atoms with Crippen LogP contribution in [0.25, 0.3) is 78.0 Å². The summed E-state index contributed by atoms with van der Waals surface area (Å²) in [6.45, 7) is 16.6. The Bertz CT molecular complexity index is 4150. The molecule has 0 radical (unpaired) electrons. The molecule has 10 nitrogen and oxygen atoms in total. The summed E-state index contributed by atoms with van der Waals surface area (Å²) >= 11 is 0. The summed E-state index contributed by atoms with van der Waals surface area (Å²) in [5.41, 5.74) is 14.3. The van der Waals surface area contributed by atoms with Crippen molar-refractivity contribution in [3.8, 4) is 34.2 Å². The average Bonchev–Trinajstić information content (AvgIpc) is 1.73. The molecule has 0 saturated heterocycles. The number of benzene rings is 8. The van der Waals surface area contributed by atoms with E-state index in [1.54, 1.807) is 22.2 Å². The third kappa shape index (κ3) is 13.1. The predicted molar refractivity (Wildman–Crippen MR) is 345 cm³/mol. The normalized spacial score (nSPS) is 14.0. The van der Waals surface area contributed by atoms with Gasteiger partial charge in [0.05, 0.1) is 11.6 Å². The van der Waals surface area contributed by atoms with Gasteiger partial charge in [0.15, 0.2) is 0 Å². The maximum atomic E-state index is 7.45. The van der Waals surface area contributed by atoms with Gasteiger partial charge in [0.25, 0.3) is 0 Å². The molecule has 14 rings (SSSR count). The summed E-state index contributed by atoms with van der Waals surface area (Å²) in [6.07, 6.45) is 14.3. The van der Waals surface area contributed by atoms with Gasteiger partial charge in [0.1, 0.15) is 11.2 Å². The predicted octanol–water partition coefficient (Wildman–Crippen LogP) is 18.6. The van der Waals surface area contributed by atoms with E-state index < -0.39 is 14.0 Å². The molecule has 6 heterocycles. The van der Waals surface area contributed by atoms with E-state index in [-0.39, 0.29) is 40.2 Å². The molecule has 0 aliphatic carbocycles. The number of hydrogen-bond acceptors (Lipinski definition) is 8. The van der Waals surface area contributed by atoms with E-state index >= 15 is 0 Å². The molecule has 12 aromatic rings. The Morgan fingerprint density at radius 2 is 0.802 bits per heavy atom. The van der Waals surface area contributed by atoms with Gasteiger partial charge in [0.2, 0.25) is 0 Å². The van der Waals surface area contributed by atoms with Crippen LogP contribution in [0.2, 0.25) is 0 Å². The molecule has 12 heteroatoms. The quantitative estimate of drug-likeness (QED) is 0.125. The fraction of sp³-hybridized carbons (Fsp3) is 0.189. The van der Waals surface area contributed by atoms with Crippen LogP contribution in [0.4, 0.5) is 11.4 Å². The van der Waals surface area contributed by atoms with Crippen LogP contribution in [0.3, 0.4) is 0 Å². The van der Waals surface area contributed by atoms with Crippen LogP contribution in [0, 0.1) is 37.6 Å². The summed E-state index contributed by atoms with van der Waals surface area (Å²) < 4.78 is 61.0. The molecule has 0 amide bonds. The van der Waals surface area contributed by atoms with Crippen molar-refractivity contribution in [1.29, 1.82) is 0 Å². The third-order valence-electron chi connectivity index (χ3n) is 14.8. The fourth-order valence-corrected chi connectivity index (χ4v) is 10.7. The van der Waals surface area contributed by atoms with Crippen LogP contribution in [-0.4, -0.2) is 42.9 Å². The molecule has 0 N–H and O–H groups in total. The fourth-order valence-electron chi connectivity index (χ4n) is 10.7. The van der Waals surface area contributed by atoms with E-state index in [0.29, 0.717) is 46.2 Å². The van der Waals surface area contributed by atoms with Crippen LogP contribution in [0.1, 0.15) is 110 Å². The first kappa shape index (κ1) is 54.4. The summed E-state index contributed by atoms with van der Waals surface area (Å²) in [7, 11) is 0. The van der Waals surface area contributed by atoms with Gasteiger partial charge < -0.3 is 37.6 Å². The van der Waals surface area contributed by atoms with Crippen LogP contribution < -0.4 is 9.80 Å². The number of hydrogen-bond donors (Lipinski definition) is 0. The summed E-state index contributed by atoms with van der Waals surface area (Å²) in [5.74, 6) is 3.72. The molecule has 436 valence electrons. The van der Waals surface area contributed by atoms with Gasteiger partial charge in [-0.05, 0) is 96.8 Å². The van der Waals surface area contributed by atoms with E-state index in [0.717, 1.165) is 55.5 Å². The maximum Gasteiger partial charge on any atom is 3.00 e. The monoisotopic (exact) mass is 1490 g/mol. The molecule has 0 atom stereocenters. The van der Waals surface area contributed by atoms with Crippen molar-refractivity contribution < 1.29 is 57.3 Å². The van der Waals surface area contributed by atoms with Gasteiger partial charge in [-0.25, -0.2) is 0 Å². The molecule has 8 aromatic carbocycles. The Morgan fingerprint density at radius 3 is 1.15 bits per heavy atom. The van der Waals surface area contributed by atoms with Gasteiger partial charge >= 0.3 is 40.2 Å². The van der Waals surface area contributed by atoms with Gasteiger partial charge in [-0.15, -0.1) is 71.8 Å². The van der Waals surface area contributed by atoms with E-state index in [1.807, 2.05) is 122 Å². The number of furan rings is 2. The van der Waals surface area contributed by atoms with Crippen molar-refractivity contribution >= 4 is 55.3 Å². The number of rotatable bonds is 10. The zero-order valence-corrected chi connectivity index (χ0v) is 53.9. The number of nitrogens with zero attached hydrogens (tertiary/aromatic N) is 8. The van der Waals surface area contributed by atoms with Gasteiger partial charge in [-0.1, -0.05) is 150 Å². The van der Waals surface area contributed by atoms with Gasteiger partial charge in [0, 0.05) is 66.3 Å². The molecular weight excluding hydrogens is 1420 g/mol. The van der Waals surface area contributed by atoms with Crippen molar-refractivity contribution in [2.24, 2.45) is 0 Å². The average molecular weight is 1490 g/mol. The molecule has 86 heavy (non-hydrogen) atoms. The largest absolute Gasteiger partial charge is 3.00 e. The second kappa shape index (κ2) is 27.9. The van der Waals surface area contributed by atoms with Crippen molar-refractivity contribution in [2.45, 2.75) is 79.1 Å². The number of imidazole rings is 2. The van der Waals surface area contributed by atoms with Crippen molar-refractivity contribution in [1.82, 2.24) is 28.9 Å². The summed E-state index contributed by atoms with van der Waals surface area (Å²) in [6, 6.07) is 65.3.